The normalized spacial score (nSPS) is 11.2. The van der Waals surface area contributed by atoms with Gasteiger partial charge < -0.3 is 20.3 Å². The molecule has 2 N–H and O–H groups in total. The van der Waals surface area contributed by atoms with Gasteiger partial charge in [0.05, 0.1) is 6.54 Å². The molecule has 0 saturated carbocycles. The number of carbonyl (C=O) groups excluding carboxylic acids is 1. The molecule has 1 amide bonds. The molecule has 0 saturated heterocycles. The van der Waals surface area contributed by atoms with Gasteiger partial charge in [-0.15, -0.1) is 0 Å². The van der Waals surface area contributed by atoms with Crippen LogP contribution in [0, 0.1) is 5.82 Å². The number of aliphatic imine (C=N–C) groups is 1. The number of halogens is 1. The van der Waals surface area contributed by atoms with Crippen LogP contribution in [0.15, 0.2) is 47.5 Å². The molecule has 2 aromatic carbocycles. The van der Waals surface area contributed by atoms with E-state index in [2.05, 4.69) is 15.6 Å². The lowest BCUT2D eigenvalue weighted by molar-refractivity contribution is -0.130. The highest BCUT2D eigenvalue weighted by atomic mass is 32.2. The molecule has 8 heteroatoms. The van der Waals surface area contributed by atoms with E-state index in [1.807, 2.05) is 43.5 Å². The zero-order valence-corrected chi connectivity index (χ0v) is 19.4. The molecule has 2 rings (SSSR count). The SMILES string of the molecule is CCNC(=NCc1cccc(OCC(=O)N(C)C)c1)NCc1ccc(F)cc1CSC. The molecule has 0 aromatic heterocycles. The Labute approximate surface area is 188 Å². The van der Waals surface area contributed by atoms with Gasteiger partial charge in [0.25, 0.3) is 5.91 Å². The largest absolute Gasteiger partial charge is 0.484 e. The summed E-state index contributed by atoms with van der Waals surface area (Å²) in [5, 5.41) is 6.55. The van der Waals surface area contributed by atoms with Crippen molar-refractivity contribution in [1.82, 2.24) is 15.5 Å². The lowest BCUT2D eigenvalue weighted by atomic mass is 10.1. The van der Waals surface area contributed by atoms with E-state index in [4.69, 9.17) is 4.74 Å². The molecule has 0 heterocycles. The minimum absolute atomic E-state index is 0.0000337. The van der Waals surface area contributed by atoms with Gasteiger partial charge >= 0.3 is 0 Å². The number of thioether (sulfide) groups is 1. The fourth-order valence-corrected chi connectivity index (χ4v) is 3.34. The molecule has 0 unspecified atom stereocenters. The van der Waals surface area contributed by atoms with Crippen LogP contribution in [0.5, 0.6) is 5.75 Å². The van der Waals surface area contributed by atoms with Crippen molar-refractivity contribution in [1.29, 1.82) is 0 Å². The highest BCUT2D eigenvalue weighted by Gasteiger charge is 2.07. The van der Waals surface area contributed by atoms with Crippen LogP contribution in [0.25, 0.3) is 0 Å². The van der Waals surface area contributed by atoms with E-state index >= 15 is 0 Å². The number of amides is 1. The second kappa shape index (κ2) is 12.8. The van der Waals surface area contributed by atoms with Gasteiger partial charge in [0, 0.05) is 32.9 Å². The Morgan fingerprint density at radius 3 is 2.68 bits per heavy atom. The number of rotatable bonds is 10. The van der Waals surface area contributed by atoms with Crippen molar-refractivity contribution < 1.29 is 13.9 Å². The van der Waals surface area contributed by atoms with Crippen molar-refractivity contribution in [2.45, 2.75) is 25.8 Å². The minimum Gasteiger partial charge on any atom is -0.484 e. The minimum atomic E-state index is -0.220. The van der Waals surface area contributed by atoms with Gasteiger partial charge in [0.15, 0.2) is 12.6 Å². The van der Waals surface area contributed by atoms with Crippen molar-refractivity contribution in [3.05, 3.63) is 65.0 Å². The molecular formula is C23H31FN4O2S. The molecular weight excluding hydrogens is 415 g/mol. The summed E-state index contributed by atoms with van der Waals surface area (Å²) in [5.41, 5.74) is 2.99. The van der Waals surface area contributed by atoms with Crippen LogP contribution in [-0.2, 0) is 23.6 Å². The molecule has 0 aliphatic heterocycles. The first kappa shape index (κ1) is 24.5. The highest BCUT2D eigenvalue weighted by molar-refractivity contribution is 7.97. The number of nitrogens with one attached hydrogen (secondary N) is 2. The number of carbonyl (C=O) groups is 1. The van der Waals surface area contributed by atoms with Crippen molar-refractivity contribution >= 4 is 23.6 Å². The molecule has 2 aromatic rings. The fourth-order valence-electron chi connectivity index (χ4n) is 2.76. The van der Waals surface area contributed by atoms with Crippen LogP contribution in [0.3, 0.4) is 0 Å². The summed E-state index contributed by atoms with van der Waals surface area (Å²) < 4.78 is 19.1. The molecule has 0 fully saturated rings. The van der Waals surface area contributed by atoms with Gasteiger partial charge in [-0.3, -0.25) is 4.79 Å². The van der Waals surface area contributed by atoms with Gasteiger partial charge in [-0.25, -0.2) is 9.38 Å². The fraction of sp³-hybridized carbons (Fsp3) is 0.391. The number of ether oxygens (including phenoxy) is 1. The molecule has 0 aliphatic carbocycles. The maximum absolute atomic E-state index is 13.6. The van der Waals surface area contributed by atoms with Crippen LogP contribution in [0.2, 0.25) is 0 Å². The first-order chi connectivity index (χ1) is 14.9. The van der Waals surface area contributed by atoms with E-state index in [0.29, 0.717) is 24.8 Å². The molecule has 0 atom stereocenters. The number of hydrogen-bond donors (Lipinski definition) is 2. The number of guanidine groups is 1. The number of nitrogens with zero attached hydrogens (tertiary/aromatic N) is 2. The van der Waals surface area contributed by atoms with E-state index in [9.17, 15) is 9.18 Å². The van der Waals surface area contributed by atoms with Gasteiger partial charge in [-0.05, 0) is 54.1 Å². The van der Waals surface area contributed by atoms with E-state index in [0.717, 1.165) is 29.0 Å². The topological polar surface area (TPSA) is 66.0 Å². The Kier molecular flexibility index (Phi) is 10.2. The lowest BCUT2D eigenvalue weighted by Gasteiger charge is -2.14. The Hall–Kier alpha value is -2.74. The highest BCUT2D eigenvalue weighted by Crippen LogP contribution is 2.17. The Morgan fingerprint density at radius 1 is 1.16 bits per heavy atom. The Morgan fingerprint density at radius 2 is 1.97 bits per heavy atom. The zero-order chi connectivity index (χ0) is 22.6. The second-order valence-electron chi connectivity index (χ2n) is 7.12. The third-order valence-corrected chi connectivity index (χ3v) is 5.04. The number of likely N-dealkylation sites (N-methyl/N-ethyl adjacent to an activating group) is 1. The van der Waals surface area contributed by atoms with Gasteiger partial charge in [0.1, 0.15) is 11.6 Å². The monoisotopic (exact) mass is 446 g/mol. The third-order valence-electron chi connectivity index (χ3n) is 4.44. The first-order valence-electron chi connectivity index (χ1n) is 10.1. The average Bonchev–Trinajstić information content (AvgIpc) is 2.75. The summed E-state index contributed by atoms with van der Waals surface area (Å²) >= 11 is 1.66. The second-order valence-corrected chi connectivity index (χ2v) is 7.99. The number of hydrogen-bond acceptors (Lipinski definition) is 4. The van der Waals surface area contributed by atoms with Crippen LogP contribution < -0.4 is 15.4 Å². The molecule has 0 radical (unpaired) electrons. The summed E-state index contributed by atoms with van der Waals surface area (Å²) in [6.45, 7) is 3.74. The van der Waals surface area contributed by atoms with Crippen molar-refractivity contribution in [2.75, 3.05) is 33.5 Å². The van der Waals surface area contributed by atoms with Crippen molar-refractivity contribution in [3.63, 3.8) is 0 Å². The van der Waals surface area contributed by atoms with Crippen molar-refractivity contribution in [3.8, 4) is 5.75 Å². The van der Waals surface area contributed by atoms with Gasteiger partial charge in [-0.1, -0.05) is 18.2 Å². The summed E-state index contributed by atoms with van der Waals surface area (Å²) in [5.74, 6) is 1.75. The number of benzene rings is 2. The van der Waals surface area contributed by atoms with Crippen LogP contribution in [-0.4, -0.2) is 50.3 Å². The van der Waals surface area contributed by atoms with Gasteiger partial charge in [-0.2, -0.15) is 11.8 Å². The zero-order valence-electron chi connectivity index (χ0n) is 18.6. The summed E-state index contributed by atoms with van der Waals surface area (Å²) in [6.07, 6.45) is 2.00. The van der Waals surface area contributed by atoms with Crippen LogP contribution >= 0.6 is 11.8 Å². The van der Waals surface area contributed by atoms with Crippen molar-refractivity contribution in [2.24, 2.45) is 4.99 Å². The summed E-state index contributed by atoms with van der Waals surface area (Å²) in [7, 11) is 3.39. The molecule has 0 bridgehead atoms. The Balaban J connectivity index is 2.01. The molecule has 31 heavy (non-hydrogen) atoms. The first-order valence-corrected chi connectivity index (χ1v) is 11.5. The van der Waals surface area contributed by atoms with E-state index in [1.54, 1.807) is 31.9 Å². The summed E-state index contributed by atoms with van der Waals surface area (Å²) in [6, 6.07) is 12.4. The third kappa shape index (κ3) is 8.49. The van der Waals surface area contributed by atoms with Crippen LogP contribution in [0.4, 0.5) is 4.39 Å². The van der Waals surface area contributed by atoms with E-state index < -0.39 is 0 Å². The maximum atomic E-state index is 13.6. The van der Waals surface area contributed by atoms with E-state index in [-0.39, 0.29) is 18.3 Å². The van der Waals surface area contributed by atoms with Crippen LogP contribution in [0.1, 0.15) is 23.6 Å². The molecule has 168 valence electrons. The quantitative estimate of drug-likeness (QED) is 0.433. The molecule has 6 nitrogen and oxygen atoms in total. The molecule has 0 aliphatic rings. The van der Waals surface area contributed by atoms with E-state index in [1.165, 1.54) is 11.0 Å². The van der Waals surface area contributed by atoms with Gasteiger partial charge in [0.2, 0.25) is 0 Å². The smallest absolute Gasteiger partial charge is 0.259 e. The Bertz CT molecular complexity index is 890. The lowest BCUT2D eigenvalue weighted by Crippen LogP contribution is -2.37. The predicted molar refractivity (Wildman–Crippen MR) is 126 cm³/mol. The maximum Gasteiger partial charge on any atom is 0.259 e. The standard InChI is InChI=1S/C23H31FN4O2S/c1-5-25-23(27-14-18-9-10-20(24)12-19(18)16-31-4)26-13-17-7-6-8-21(11-17)30-15-22(29)28(2)3/h6-12H,5,13-16H2,1-4H3,(H2,25,26,27). The molecule has 0 spiro atoms. The average molecular weight is 447 g/mol. The predicted octanol–water partition coefficient (Wildman–Crippen LogP) is 3.41. The summed E-state index contributed by atoms with van der Waals surface area (Å²) in [4.78, 5) is 17.8.